The average molecular weight is 261 g/mol. The first-order chi connectivity index (χ1) is 9.13. The molecule has 1 heterocycles. The van der Waals surface area contributed by atoms with E-state index in [1.807, 2.05) is 26.0 Å². The molecule has 19 heavy (non-hydrogen) atoms. The highest BCUT2D eigenvalue weighted by Crippen LogP contribution is 2.31. The Morgan fingerprint density at radius 2 is 2.05 bits per heavy atom. The van der Waals surface area contributed by atoms with E-state index in [4.69, 9.17) is 4.42 Å². The lowest BCUT2D eigenvalue weighted by atomic mass is 9.98. The first-order valence-corrected chi connectivity index (χ1v) is 6.67. The summed E-state index contributed by atoms with van der Waals surface area (Å²) in [6.07, 6.45) is 2.69. The molecule has 1 aromatic heterocycles. The Morgan fingerprint density at radius 3 is 2.74 bits per heavy atom. The van der Waals surface area contributed by atoms with E-state index in [0.717, 1.165) is 35.4 Å². The lowest BCUT2D eigenvalue weighted by Crippen LogP contribution is -2.13. The highest BCUT2D eigenvalue weighted by atomic mass is 19.1. The van der Waals surface area contributed by atoms with E-state index in [2.05, 4.69) is 12.2 Å². The average Bonchev–Trinajstić information content (AvgIpc) is 2.76. The third-order valence-electron chi connectivity index (χ3n) is 3.16. The monoisotopic (exact) mass is 261 g/mol. The van der Waals surface area contributed by atoms with Gasteiger partial charge in [0.15, 0.2) is 0 Å². The summed E-state index contributed by atoms with van der Waals surface area (Å²) in [5, 5.41) is 3.28. The van der Waals surface area contributed by atoms with Gasteiger partial charge >= 0.3 is 0 Å². The fraction of sp³-hybridized carbons (Fsp3) is 0.375. The minimum absolute atomic E-state index is 0.185. The predicted octanol–water partition coefficient (Wildman–Crippen LogP) is 4.20. The second-order valence-corrected chi connectivity index (χ2v) is 4.87. The van der Waals surface area contributed by atoms with E-state index in [1.165, 1.54) is 0 Å². The first kappa shape index (κ1) is 13.8. The Hall–Kier alpha value is -1.61. The molecule has 102 valence electrons. The molecule has 1 N–H and O–H groups in total. The fourth-order valence-electron chi connectivity index (χ4n) is 2.34. The Balaban J connectivity index is 2.35. The second-order valence-electron chi connectivity index (χ2n) is 4.87. The highest BCUT2D eigenvalue weighted by molar-refractivity contribution is 5.70. The van der Waals surface area contributed by atoms with Crippen LogP contribution in [0.5, 0.6) is 0 Å². The maximum absolute atomic E-state index is 14.2. The highest BCUT2D eigenvalue weighted by Gasteiger charge is 2.15. The van der Waals surface area contributed by atoms with Crippen LogP contribution in [0.4, 0.5) is 4.39 Å². The molecule has 0 atom stereocenters. The molecule has 0 bridgehead atoms. The Labute approximate surface area is 113 Å². The smallest absolute Gasteiger partial charge is 0.131 e. The number of aryl methyl sites for hydroxylation is 2. The third-order valence-corrected chi connectivity index (χ3v) is 3.16. The molecule has 0 aliphatic carbocycles. The molecule has 0 aliphatic heterocycles. The van der Waals surface area contributed by atoms with E-state index in [0.29, 0.717) is 12.1 Å². The first-order valence-electron chi connectivity index (χ1n) is 6.67. The summed E-state index contributed by atoms with van der Waals surface area (Å²) < 4.78 is 19.7. The summed E-state index contributed by atoms with van der Waals surface area (Å²) in [6, 6.07) is 5.40. The molecular weight excluding hydrogens is 241 g/mol. The van der Waals surface area contributed by atoms with Gasteiger partial charge in [-0.15, -0.1) is 0 Å². The van der Waals surface area contributed by atoms with Crippen molar-refractivity contribution in [3.05, 3.63) is 47.2 Å². The van der Waals surface area contributed by atoms with Gasteiger partial charge in [-0.1, -0.05) is 13.0 Å². The van der Waals surface area contributed by atoms with Crippen LogP contribution >= 0.6 is 0 Å². The Kier molecular flexibility index (Phi) is 4.38. The molecule has 2 nitrogen and oxygen atoms in total. The summed E-state index contributed by atoms with van der Waals surface area (Å²) in [7, 11) is 0. The van der Waals surface area contributed by atoms with Gasteiger partial charge in [-0.3, -0.25) is 0 Å². The van der Waals surface area contributed by atoms with Gasteiger partial charge in [-0.25, -0.2) is 4.39 Å². The standard InChI is InChI=1S/C16H20FNO/c1-4-6-18-10-15-13(5-7-19-15)16-12(3)8-11(2)9-14(16)17/h5,7-9,18H,4,6,10H2,1-3H3. The van der Waals surface area contributed by atoms with E-state index in [-0.39, 0.29) is 5.82 Å². The van der Waals surface area contributed by atoms with Crippen LogP contribution < -0.4 is 5.32 Å². The lowest BCUT2D eigenvalue weighted by Gasteiger charge is -2.09. The van der Waals surface area contributed by atoms with Crippen molar-refractivity contribution in [1.82, 2.24) is 5.32 Å². The zero-order chi connectivity index (χ0) is 13.8. The summed E-state index contributed by atoms with van der Waals surface area (Å²) >= 11 is 0. The van der Waals surface area contributed by atoms with Crippen molar-refractivity contribution in [2.75, 3.05) is 6.54 Å². The second kappa shape index (κ2) is 6.02. The zero-order valence-electron chi connectivity index (χ0n) is 11.7. The van der Waals surface area contributed by atoms with Crippen LogP contribution in [0.25, 0.3) is 11.1 Å². The van der Waals surface area contributed by atoms with E-state index in [1.54, 1.807) is 12.3 Å². The molecule has 2 aromatic rings. The number of rotatable bonds is 5. The molecule has 0 unspecified atom stereocenters. The van der Waals surface area contributed by atoms with Gasteiger partial charge in [-0.05, 0) is 50.1 Å². The van der Waals surface area contributed by atoms with Gasteiger partial charge in [0.05, 0.1) is 12.8 Å². The van der Waals surface area contributed by atoms with E-state index >= 15 is 0 Å². The normalized spacial score (nSPS) is 10.9. The van der Waals surface area contributed by atoms with Crippen LogP contribution in [-0.2, 0) is 6.54 Å². The number of halogens is 1. The van der Waals surface area contributed by atoms with Crippen molar-refractivity contribution in [1.29, 1.82) is 0 Å². The molecule has 0 amide bonds. The van der Waals surface area contributed by atoms with Crippen LogP contribution in [0.2, 0.25) is 0 Å². The number of benzene rings is 1. The Bertz CT molecular complexity index is 537. The summed E-state index contributed by atoms with van der Waals surface area (Å²) in [4.78, 5) is 0. The molecule has 2 rings (SSSR count). The number of furan rings is 1. The molecular formula is C16H20FNO. The van der Waals surface area contributed by atoms with Crippen LogP contribution in [0, 0.1) is 19.7 Å². The largest absolute Gasteiger partial charge is 0.467 e. The van der Waals surface area contributed by atoms with Gasteiger partial charge < -0.3 is 9.73 Å². The maximum Gasteiger partial charge on any atom is 0.131 e. The number of hydrogen-bond donors (Lipinski definition) is 1. The lowest BCUT2D eigenvalue weighted by molar-refractivity contribution is 0.484. The van der Waals surface area contributed by atoms with Crippen molar-refractivity contribution >= 4 is 0 Å². The van der Waals surface area contributed by atoms with Crippen LogP contribution in [0.3, 0.4) is 0 Å². The third kappa shape index (κ3) is 3.04. The van der Waals surface area contributed by atoms with Gasteiger partial charge in [0.25, 0.3) is 0 Å². The van der Waals surface area contributed by atoms with Gasteiger partial charge in [0, 0.05) is 11.1 Å². The van der Waals surface area contributed by atoms with Gasteiger partial charge in [0.2, 0.25) is 0 Å². The molecule has 1 aromatic carbocycles. The number of hydrogen-bond acceptors (Lipinski definition) is 2. The SMILES string of the molecule is CCCNCc1occc1-c1c(C)cc(C)cc1F. The van der Waals surface area contributed by atoms with Crippen LogP contribution in [-0.4, -0.2) is 6.54 Å². The topological polar surface area (TPSA) is 25.2 Å². The number of nitrogens with one attached hydrogen (secondary N) is 1. The summed E-state index contributed by atoms with van der Waals surface area (Å²) in [6.45, 7) is 7.50. The van der Waals surface area contributed by atoms with Crippen LogP contribution in [0.1, 0.15) is 30.2 Å². The summed E-state index contributed by atoms with van der Waals surface area (Å²) in [5.74, 6) is 0.606. The Morgan fingerprint density at radius 1 is 1.26 bits per heavy atom. The zero-order valence-corrected chi connectivity index (χ0v) is 11.7. The molecule has 0 saturated heterocycles. The van der Waals surface area contributed by atoms with Gasteiger partial charge in [0.1, 0.15) is 11.6 Å². The molecule has 0 aliphatic rings. The summed E-state index contributed by atoms with van der Waals surface area (Å²) in [5.41, 5.74) is 3.37. The van der Waals surface area contributed by atoms with Crippen molar-refractivity contribution in [3.8, 4) is 11.1 Å². The molecule has 0 saturated carbocycles. The molecule has 0 fully saturated rings. The molecule has 0 spiro atoms. The predicted molar refractivity (Wildman–Crippen MR) is 75.6 cm³/mol. The van der Waals surface area contributed by atoms with E-state index in [9.17, 15) is 4.39 Å². The molecule has 0 radical (unpaired) electrons. The minimum atomic E-state index is -0.185. The fourth-order valence-corrected chi connectivity index (χ4v) is 2.34. The minimum Gasteiger partial charge on any atom is -0.467 e. The quantitative estimate of drug-likeness (QED) is 0.816. The van der Waals surface area contributed by atoms with Crippen molar-refractivity contribution in [3.63, 3.8) is 0 Å². The van der Waals surface area contributed by atoms with Crippen molar-refractivity contribution < 1.29 is 8.81 Å². The molecule has 3 heteroatoms. The van der Waals surface area contributed by atoms with Crippen molar-refractivity contribution in [2.45, 2.75) is 33.7 Å². The maximum atomic E-state index is 14.2. The van der Waals surface area contributed by atoms with Gasteiger partial charge in [-0.2, -0.15) is 0 Å². The van der Waals surface area contributed by atoms with E-state index < -0.39 is 0 Å². The van der Waals surface area contributed by atoms with Crippen LogP contribution in [0.15, 0.2) is 28.9 Å². The van der Waals surface area contributed by atoms with Crippen molar-refractivity contribution in [2.24, 2.45) is 0 Å².